The first-order valence-electron chi connectivity index (χ1n) is 5.68. The van der Waals surface area contributed by atoms with Crippen LogP contribution in [-0.4, -0.2) is 9.67 Å². The second-order valence-electron chi connectivity index (χ2n) is 4.00. The molecule has 1 heterocycles. The van der Waals surface area contributed by atoms with Gasteiger partial charge in [0.1, 0.15) is 0 Å². The number of hydrogen-bond acceptors (Lipinski definition) is 1. The lowest BCUT2D eigenvalue weighted by Crippen LogP contribution is -1.96. The maximum absolute atomic E-state index is 8.94. The lowest BCUT2D eigenvalue weighted by Gasteiger charge is -2.03. The molecule has 1 aromatic carbocycles. The Bertz CT molecular complexity index is 419. The van der Waals surface area contributed by atoms with Crippen molar-refractivity contribution in [1.82, 2.24) is 4.57 Å². The molecular formula is C14H17NO. The maximum Gasteiger partial charge on any atom is 0.0696 e. The van der Waals surface area contributed by atoms with Crippen LogP contribution < -0.4 is 0 Å². The van der Waals surface area contributed by atoms with E-state index in [0.717, 1.165) is 24.9 Å². The Hall–Kier alpha value is -1.54. The van der Waals surface area contributed by atoms with Crippen molar-refractivity contribution in [2.75, 3.05) is 0 Å². The molecule has 0 saturated heterocycles. The number of aliphatic hydroxyl groups excluding tert-OH is 1. The van der Waals surface area contributed by atoms with E-state index >= 15 is 0 Å². The molecule has 2 nitrogen and oxygen atoms in total. The molecule has 0 spiro atoms. The molecule has 16 heavy (non-hydrogen) atoms. The molecule has 1 aromatic heterocycles. The fourth-order valence-electron chi connectivity index (χ4n) is 1.83. The van der Waals surface area contributed by atoms with Crippen LogP contribution in [0.3, 0.4) is 0 Å². The van der Waals surface area contributed by atoms with E-state index in [1.165, 1.54) is 5.56 Å². The van der Waals surface area contributed by atoms with Gasteiger partial charge in [-0.1, -0.05) is 30.3 Å². The van der Waals surface area contributed by atoms with Gasteiger partial charge in [-0.05, 0) is 30.0 Å². The van der Waals surface area contributed by atoms with E-state index in [0.29, 0.717) is 0 Å². The fraction of sp³-hybridized carbons (Fsp3) is 0.286. The molecule has 84 valence electrons. The monoisotopic (exact) mass is 215 g/mol. The van der Waals surface area contributed by atoms with E-state index in [2.05, 4.69) is 28.8 Å². The average Bonchev–Trinajstić information content (AvgIpc) is 2.78. The number of nitrogens with zero attached hydrogens (tertiary/aromatic N) is 1. The van der Waals surface area contributed by atoms with Gasteiger partial charge >= 0.3 is 0 Å². The number of aliphatic hydroxyl groups is 1. The largest absolute Gasteiger partial charge is 0.392 e. The van der Waals surface area contributed by atoms with Crippen LogP contribution in [0.1, 0.15) is 17.5 Å². The first-order valence-corrected chi connectivity index (χ1v) is 5.68. The molecule has 0 amide bonds. The summed E-state index contributed by atoms with van der Waals surface area (Å²) in [6.45, 7) is 1.14. The van der Waals surface area contributed by atoms with Gasteiger partial charge in [0.15, 0.2) is 0 Å². The predicted molar refractivity (Wildman–Crippen MR) is 65.1 cm³/mol. The zero-order valence-electron chi connectivity index (χ0n) is 9.34. The Balaban J connectivity index is 1.80. The van der Waals surface area contributed by atoms with Crippen molar-refractivity contribution in [3.05, 3.63) is 59.9 Å². The molecule has 1 N–H and O–H groups in total. The van der Waals surface area contributed by atoms with E-state index in [9.17, 15) is 0 Å². The molecule has 0 saturated carbocycles. The minimum Gasteiger partial charge on any atom is -0.392 e. The Morgan fingerprint density at radius 1 is 1.00 bits per heavy atom. The third kappa shape index (κ3) is 2.97. The number of aryl methyl sites for hydroxylation is 2. The third-order valence-corrected chi connectivity index (χ3v) is 2.72. The molecule has 0 fully saturated rings. The van der Waals surface area contributed by atoms with Gasteiger partial charge in [-0.3, -0.25) is 0 Å². The third-order valence-electron chi connectivity index (χ3n) is 2.72. The lowest BCUT2D eigenvalue weighted by molar-refractivity contribution is 0.281. The molecule has 0 atom stereocenters. The number of hydrogen-bond donors (Lipinski definition) is 1. The summed E-state index contributed by atoms with van der Waals surface area (Å²) >= 11 is 0. The highest BCUT2D eigenvalue weighted by molar-refractivity contribution is 5.14. The second kappa shape index (κ2) is 5.52. The molecular weight excluding hydrogens is 198 g/mol. The van der Waals surface area contributed by atoms with Crippen LogP contribution in [0.25, 0.3) is 0 Å². The van der Waals surface area contributed by atoms with Crippen molar-refractivity contribution >= 4 is 0 Å². The molecule has 0 bridgehead atoms. The Morgan fingerprint density at radius 3 is 2.50 bits per heavy atom. The minimum atomic E-state index is 0.131. The van der Waals surface area contributed by atoms with Crippen LogP contribution in [0.4, 0.5) is 0 Å². The van der Waals surface area contributed by atoms with Gasteiger partial charge in [0.25, 0.3) is 0 Å². The van der Waals surface area contributed by atoms with Gasteiger partial charge in [0, 0.05) is 18.9 Å². The van der Waals surface area contributed by atoms with Crippen LogP contribution in [0.2, 0.25) is 0 Å². The van der Waals surface area contributed by atoms with Crippen LogP contribution >= 0.6 is 0 Å². The highest BCUT2D eigenvalue weighted by Gasteiger charge is 1.96. The molecule has 2 aromatic rings. The zero-order chi connectivity index (χ0) is 11.2. The number of benzene rings is 1. The van der Waals surface area contributed by atoms with Gasteiger partial charge in [-0.15, -0.1) is 0 Å². The van der Waals surface area contributed by atoms with Gasteiger partial charge in [0.2, 0.25) is 0 Å². The summed E-state index contributed by atoms with van der Waals surface area (Å²) in [4.78, 5) is 0. The summed E-state index contributed by atoms with van der Waals surface area (Å²) in [5.74, 6) is 0. The Kier molecular flexibility index (Phi) is 3.78. The van der Waals surface area contributed by atoms with Crippen LogP contribution in [0.5, 0.6) is 0 Å². The molecule has 0 aliphatic heterocycles. The first-order chi connectivity index (χ1) is 7.88. The van der Waals surface area contributed by atoms with Crippen LogP contribution in [0, 0.1) is 0 Å². The SMILES string of the molecule is OCc1ccn(CCCc2ccccc2)c1. The van der Waals surface area contributed by atoms with E-state index in [1.807, 2.05) is 24.5 Å². The van der Waals surface area contributed by atoms with E-state index in [-0.39, 0.29) is 6.61 Å². The maximum atomic E-state index is 8.94. The molecule has 0 aliphatic carbocycles. The van der Waals surface area contributed by atoms with Crippen LogP contribution in [0.15, 0.2) is 48.8 Å². The van der Waals surface area contributed by atoms with E-state index in [1.54, 1.807) is 0 Å². The van der Waals surface area contributed by atoms with Gasteiger partial charge in [-0.25, -0.2) is 0 Å². The number of aromatic nitrogens is 1. The van der Waals surface area contributed by atoms with Gasteiger partial charge in [0.05, 0.1) is 6.61 Å². The van der Waals surface area contributed by atoms with Crippen molar-refractivity contribution in [1.29, 1.82) is 0 Å². The second-order valence-corrected chi connectivity index (χ2v) is 4.00. The van der Waals surface area contributed by atoms with E-state index < -0.39 is 0 Å². The summed E-state index contributed by atoms with van der Waals surface area (Å²) in [6, 6.07) is 12.5. The topological polar surface area (TPSA) is 25.2 Å². The zero-order valence-corrected chi connectivity index (χ0v) is 9.34. The predicted octanol–water partition coefficient (Wildman–Crippen LogP) is 2.61. The summed E-state index contributed by atoms with van der Waals surface area (Å²) < 4.78 is 2.13. The normalized spacial score (nSPS) is 10.6. The molecule has 2 rings (SSSR count). The van der Waals surface area contributed by atoms with Crippen molar-refractivity contribution < 1.29 is 5.11 Å². The molecule has 0 aliphatic rings. The average molecular weight is 215 g/mol. The van der Waals surface area contributed by atoms with Crippen molar-refractivity contribution in [3.63, 3.8) is 0 Å². The summed E-state index contributed by atoms with van der Waals surface area (Å²) in [5.41, 5.74) is 2.37. The molecule has 2 heteroatoms. The standard InChI is InChI=1S/C14H17NO/c16-12-14-8-10-15(11-14)9-4-7-13-5-2-1-3-6-13/h1-3,5-6,8,10-11,16H,4,7,9,12H2. The smallest absolute Gasteiger partial charge is 0.0696 e. The summed E-state index contributed by atoms with van der Waals surface area (Å²) in [5, 5.41) is 8.94. The Labute approximate surface area is 96.2 Å². The quantitative estimate of drug-likeness (QED) is 0.815. The highest BCUT2D eigenvalue weighted by Crippen LogP contribution is 2.06. The van der Waals surface area contributed by atoms with Gasteiger partial charge in [-0.2, -0.15) is 0 Å². The first kappa shape index (κ1) is 11.0. The van der Waals surface area contributed by atoms with Crippen molar-refractivity contribution in [2.45, 2.75) is 26.0 Å². The fourth-order valence-corrected chi connectivity index (χ4v) is 1.83. The van der Waals surface area contributed by atoms with E-state index in [4.69, 9.17) is 5.11 Å². The van der Waals surface area contributed by atoms with Crippen molar-refractivity contribution in [3.8, 4) is 0 Å². The molecule has 0 radical (unpaired) electrons. The minimum absolute atomic E-state index is 0.131. The van der Waals surface area contributed by atoms with Crippen molar-refractivity contribution in [2.24, 2.45) is 0 Å². The summed E-state index contributed by atoms with van der Waals surface area (Å²) in [7, 11) is 0. The molecule has 0 unspecified atom stereocenters. The lowest BCUT2D eigenvalue weighted by atomic mass is 10.1. The number of rotatable bonds is 5. The summed E-state index contributed by atoms with van der Waals surface area (Å²) in [6.07, 6.45) is 6.26. The van der Waals surface area contributed by atoms with Gasteiger partial charge < -0.3 is 9.67 Å². The highest BCUT2D eigenvalue weighted by atomic mass is 16.3. The van der Waals surface area contributed by atoms with Crippen LogP contribution in [-0.2, 0) is 19.6 Å². The Morgan fingerprint density at radius 2 is 1.81 bits per heavy atom.